The number of nitrogens with zero attached hydrogens (tertiary/aromatic N) is 5. The second-order valence-electron chi connectivity index (χ2n) is 6.87. The van der Waals surface area contributed by atoms with Crippen LogP contribution in [0.25, 0.3) is 28.1 Å². The van der Waals surface area contributed by atoms with E-state index in [1.807, 2.05) is 13.8 Å². The number of aromatic amines is 1. The van der Waals surface area contributed by atoms with Crippen LogP contribution in [0.4, 0.5) is 13.2 Å². The highest BCUT2D eigenvalue weighted by atomic mass is 19.4. The summed E-state index contributed by atoms with van der Waals surface area (Å²) < 4.78 is 47.3. The van der Waals surface area contributed by atoms with Gasteiger partial charge in [0, 0.05) is 19.3 Å². The van der Waals surface area contributed by atoms with Crippen LogP contribution in [-0.4, -0.2) is 42.3 Å². The molecule has 0 amide bonds. The first-order chi connectivity index (χ1) is 14.9. The minimum atomic E-state index is -4.45. The van der Waals surface area contributed by atoms with Crippen LogP contribution in [0.1, 0.15) is 38.3 Å². The smallest absolute Gasteiger partial charge is 0.381 e. The highest BCUT2D eigenvalue weighted by Crippen LogP contribution is 2.31. The Labute approximate surface area is 174 Å². The van der Waals surface area contributed by atoms with Gasteiger partial charge in [0.25, 0.3) is 0 Å². The summed E-state index contributed by atoms with van der Waals surface area (Å²) in [5, 5.41) is 0. The van der Waals surface area contributed by atoms with Crippen molar-refractivity contribution >= 4 is 22.2 Å². The van der Waals surface area contributed by atoms with E-state index in [0.29, 0.717) is 42.7 Å². The van der Waals surface area contributed by atoms with E-state index in [-0.39, 0.29) is 23.2 Å². The number of rotatable bonds is 2. The van der Waals surface area contributed by atoms with Crippen LogP contribution < -0.4 is 5.69 Å². The van der Waals surface area contributed by atoms with E-state index in [4.69, 9.17) is 4.74 Å². The SMILES string of the molecule is CC.O=c1[nH]c2cnc(-n3cnc4cc(C(F)(F)F)ccc43)nc2n1C1CCOCC1. The van der Waals surface area contributed by atoms with Crippen LogP contribution in [0.3, 0.4) is 0 Å². The van der Waals surface area contributed by atoms with Gasteiger partial charge in [0.15, 0.2) is 5.65 Å². The highest BCUT2D eigenvalue weighted by Gasteiger charge is 2.31. The second-order valence-corrected chi connectivity index (χ2v) is 6.87. The maximum atomic E-state index is 12.9. The number of fused-ring (bicyclic) bond motifs is 2. The highest BCUT2D eigenvalue weighted by molar-refractivity contribution is 5.78. The maximum Gasteiger partial charge on any atom is 0.416 e. The molecule has 0 saturated carbocycles. The molecule has 0 aliphatic carbocycles. The summed E-state index contributed by atoms with van der Waals surface area (Å²) in [5.74, 6) is 0.222. The van der Waals surface area contributed by atoms with Crippen molar-refractivity contribution in [2.45, 2.75) is 38.9 Å². The minimum Gasteiger partial charge on any atom is -0.381 e. The van der Waals surface area contributed by atoms with Gasteiger partial charge < -0.3 is 9.72 Å². The Morgan fingerprint density at radius 2 is 1.90 bits per heavy atom. The van der Waals surface area contributed by atoms with Crippen molar-refractivity contribution in [1.29, 1.82) is 0 Å². The predicted octanol–water partition coefficient (Wildman–Crippen LogP) is 3.86. The Morgan fingerprint density at radius 1 is 1.16 bits per heavy atom. The minimum absolute atomic E-state index is 0.0402. The van der Waals surface area contributed by atoms with E-state index in [1.54, 1.807) is 4.57 Å². The third-order valence-corrected chi connectivity index (χ3v) is 5.09. The Bertz CT molecular complexity index is 1270. The Hall–Kier alpha value is -3.21. The normalized spacial score (nSPS) is 15.3. The van der Waals surface area contributed by atoms with Gasteiger partial charge in [0.2, 0.25) is 5.95 Å². The number of aromatic nitrogens is 6. The molecule has 1 aliphatic heterocycles. The number of alkyl halides is 3. The summed E-state index contributed by atoms with van der Waals surface area (Å²) in [7, 11) is 0. The molecule has 164 valence electrons. The molecule has 0 bridgehead atoms. The fourth-order valence-corrected chi connectivity index (χ4v) is 3.65. The fraction of sp³-hybridized carbons (Fsp3) is 0.400. The van der Waals surface area contributed by atoms with E-state index < -0.39 is 11.7 Å². The molecule has 0 unspecified atom stereocenters. The summed E-state index contributed by atoms with van der Waals surface area (Å²) >= 11 is 0. The van der Waals surface area contributed by atoms with Crippen LogP contribution in [0.5, 0.6) is 0 Å². The molecule has 0 spiro atoms. The fourth-order valence-electron chi connectivity index (χ4n) is 3.65. The second kappa shape index (κ2) is 8.14. The average molecular weight is 434 g/mol. The molecule has 1 N–H and O–H groups in total. The van der Waals surface area contributed by atoms with Crippen molar-refractivity contribution in [2.24, 2.45) is 0 Å². The molecule has 1 aliphatic rings. The van der Waals surface area contributed by atoms with Gasteiger partial charge in [-0.2, -0.15) is 18.2 Å². The number of hydrogen-bond acceptors (Lipinski definition) is 5. The van der Waals surface area contributed by atoms with Crippen LogP contribution in [-0.2, 0) is 10.9 Å². The number of hydrogen-bond donors (Lipinski definition) is 1. The maximum absolute atomic E-state index is 12.9. The standard InChI is InChI=1S/C18H15F3N6O2.C2H6/c19-18(20,21)10-1-2-14-12(7-10)23-9-26(14)16-22-8-13-15(25-16)27(17(28)24-13)11-3-5-29-6-4-11;1-2/h1-2,7-9,11H,3-6H2,(H,24,28);1-2H3. The Kier molecular flexibility index (Phi) is 5.52. The summed E-state index contributed by atoms with van der Waals surface area (Å²) in [6.07, 6.45) is -0.195. The van der Waals surface area contributed by atoms with E-state index in [1.165, 1.54) is 23.2 Å². The van der Waals surface area contributed by atoms with Crippen LogP contribution in [0.2, 0.25) is 0 Å². The topological polar surface area (TPSA) is 90.6 Å². The predicted molar refractivity (Wildman–Crippen MR) is 108 cm³/mol. The zero-order chi connectivity index (χ0) is 22.2. The van der Waals surface area contributed by atoms with Gasteiger partial charge in [-0.25, -0.2) is 14.8 Å². The molecule has 31 heavy (non-hydrogen) atoms. The molecular formula is C20H21F3N6O2. The molecule has 11 heteroatoms. The number of H-pyrrole nitrogens is 1. The van der Waals surface area contributed by atoms with Gasteiger partial charge in [-0.1, -0.05) is 13.8 Å². The van der Waals surface area contributed by atoms with Gasteiger partial charge >= 0.3 is 11.9 Å². The van der Waals surface area contributed by atoms with E-state index in [9.17, 15) is 18.0 Å². The number of ether oxygens (including phenoxy) is 1. The average Bonchev–Trinajstić information content (AvgIpc) is 3.34. The Morgan fingerprint density at radius 3 is 2.61 bits per heavy atom. The lowest BCUT2D eigenvalue weighted by atomic mass is 10.1. The van der Waals surface area contributed by atoms with Crippen molar-refractivity contribution in [3.05, 3.63) is 46.8 Å². The molecule has 0 radical (unpaired) electrons. The number of benzene rings is 1. The van der Waals surface area contributed by atoms with Gasteiger partial charge in [0.1, 0.15) is 11.8 Å². The molecule has 1 saturated heterocycles. The van der Waals surface area contributed by atoms with E-state index >= 15 is 0 Å². The summed E-state index contributed by atoms with van der Waals surface area (Å²) in [4.78, 5) is 28.0. The molecule has 4 heterocycles. The van der Waals surface area contributed by atoms with Crippen LogP contribution >= 0.6 is 0 Å². The summed E-state index contributed by atoms with van der Waals surface area (Å²) in [6.45, 7) is 5.13. The van der Waals surface area contributed by atoms with Crippen molar-refractivity contribution in [1.82, 2.24) is 29.1 Å². The lowest BCUT2D eigenvalue weighted by molar-refractivity contribution is -0.137. The zero-order valence-corrected chi connectivity index (χ0v) is 17.0. The quantitative estimate of drug-likeness (QED) is 0.518. The van der Waals surface area contributed by atoms with Crippen LogP contribution in [0, 0.1) is 0 Å². The number of imidazole rings is 2. The largest absolute Gasteiger partial charge is 0.416 e. The van der Waals surface area contributed by atoms with Crippen molar-refractivity contribution in [3.8, 4) is 5.95 Å². The lowest BCUT2D eigenvalue weighted by Crippen LogP contribution is -2.27. The monoisotopic (exact) mass is 434 g/mol. The van der Waals surface area contributed by atoms with Gasteiger partial charge in [-0.3, -0.25) is 9.13 Å². The molecule has 5 rings (SSSR count). The molecule has 4 aromatic rings. The zero-order valence-electron chi connectivity index (χ0n) is 17.0. The molecular weight excluding hydrogens is 413 g/mol. The molecule has 8 nitrogen and oxygen atoms in total. The third-order valence-electron chi connectivity index (χ3n) is 5.09. The van der Waals surface area contributed by atoms with Crippen molar-refractivity contribution in [2.75, 3.05) is 13.2 Å². The van der Waals surface area contributed by atoms with Gasteiger partial charge in [-0.05, 0) is 31.0 Å². The first-order valence-electron chi connectivity index (χ1n) is 10.0. The third kappa shape index (κ3) is 3.80. The number of nitrogens with one attached hydrogen (secondary N) is 1. The first kappa shape index (κ1) is 21.0. The lowest BCUT2D eigenvalue weighted by Gasteiger charge is -2.22. The van der Waals surface area contributed by atoms with Crippen molar-refractivity contribution in [3.63, 3.8) is 0 Å². The number of halogens is 3. The summed E-state index contributed by atoms with van der Waals surface area (Å²) in [6, 6.07) is 3.27. The first-order valence-corrected chi connectivity index (χ1v) is 10.0. The van der Waals surface area contributed by atoms with E-state index in [2.05, 4.69) is 19.9 Å². The van der Waals surface area contributed by atoms with Gasteiger partial charge in [-0.15, -0.1) is 0 Å². The van der Waals surface area contributed by atoms with E-state index in [0.717, 1.165) is 12.1 Å². The molecule has 1 aromatic carbocycles. The van der Waals surface area contributed by atoms with Crippen molar-refractivity contribution < 1.29 is 17.9 Å². The molecule has 0 atom stereocenters. The Balaban J connectivity index is 0.00000112. The molecule has 3 aromatic heterocycles. The summed E-state index contributed by atoms with van der Waals surface area (Å²) in [5.41, 5.74) is 0.510. The van der Waals surface area contributed by atoms with Gasteiger partial charge in [0.05, 0.1) is 22.8 Å². The van der Waals surface area contributed by atoms with Crippen LogP contribution in [0.15, 0.2) is 35.5 Å². The molecule has 1 fully saturated rings.